The molecule has 3 unspecified atom stereocenters. The molecule has 4 nitrogen and oxygen atoms in total. The van der Waals surface area contributed by atoms with Crippen molar-refractivity contribution in [2.24, 2.45) is 11.8 Å². The maximum absolute atomic E-state index is 5.57. The number of hydrogen-bond acceptors (Lipinski definition) is 4. The maximum atomic E-state index is 5.57. The first kappa shape index (κ1) is 15.0. The van der Waals surface area contributed by atoms with Crippen LogP contribution in [0.15, 0.2) is 12.1 Å². The van der Waals surface area contributed by atoms with Crippen molar-refractivity contribution in [3.63, 3.8) is 0 Å². The van der Waals surface area contributed by atoms with Gasteiger partial charge in [0.25, 0.3) is 0 Å². The molecule has 1 N–H and O–H groups in total. The molecule has 0 amide bonds. The molecule has 4 heteroatoms. The summed E-state index contributed by atoms with van der Waals surface area (Å²) in [6.07, 6.45) is 1.25. The van der Waals surface area contributed by atoms with E-state index in [2.05, 4.69) is 19.2 Å². The quantitative estimate of drug-likeness (QED) is 0.833. The van der Waals surface area contributed by atoms with Crippen LogP contribution in [0.5, 0.6) is 17.2 Å². The molecule has 1 fully saturated rings. The monoisotopic (exact) mass is 279 g/mol. The van der Waals surface area contributed by atoms with Crippen LogP contribution in [0.3, 0.4) is 0 Å². The topological polar surface area (TPSA) is 39.7 Å². The number of benzene rings is 1. The highest BCUT2D eigenvalue weighted by atomic mass is 16.5. The summed E-state index contributed by atoms with van der Waals surface area (Å²) in [6, 6.07) is 4.12. The lowest BCUT2D eigenvalue weighted by Gasteiger charge is -2.24. The van der Waals surface area contributed by atoms with E-state index < -0.39 is 0 Å². The van der Waals surface area contributed by atoms with Gasteiger partial charge in [-0.25, -0.2) is 0 Å². The Bertz CT molecular complexity index is 436. The summed E-state index contributed by atoms with van der Waals surface area (Å²) in [7, 11) is 5.03. The summed E-state index contributed by atoms with van der Waals surface area (Å²) in [5.74, 6) is 3.79. The van der Waals surface area contributed by atoms with Gasteiger partial charge in [0.2, 0.25) is 0 Å². The summed E-state index contributed by atoms with van der Waals surface area (Å²) >= 11 is 0. The Kier molecular flexibility index (Phi) is 4.76. The van der Waals surface area contributed by atoms with Gasteiger partial charge in [0.1, 0.15) is 17.2 Å². The van der Waals surface area contributed by atoms with Crippen LogP contribution in [-0.2, 0) is 0 Å². The first-order chi connectivity index (χ1) is 9.65. The summed E-state index contributed by atoms with van der Waals surface area (Å²) in [6.45, 7) is 5.34. The van der Waals surface area contributed by atoms with Gasteiger partial charge < -0.3 is 19.5 Å². The molecule has 0 heterocycles. The zero-order valence-corrected chi connectivity index (χ0v) is 13.0. The minimum Gasteiger partial charge on any atom is -0.496 e. The van der Waals surface area contributed by atoms with Gasteiger partial charge in [-0.05, 0) is 24.8 Å². The van der Waals surface area contributed by atoms with E-state index in [1.165, 1.54) is 6.42 Å². The van der Waals surface area contributed by atoms with Crippen LogP contribution in [0.2, 0.25) is 0 Å². The molecule has 2 rings (SSSR count). The molecular formula is C16H25NO3. The molecule has 1 aliphatic carbocycles. The van der Waals surface area contributed by atoms with Crippen LogP contribution in [-0.4, -0.2) is 27.9 Å². The number of nitrogens with one attached hydrogen (secondary N) is 1. The van der Waals surface area contributed by atoms with Crippen molar-refractivity contribution in [1.29, 1.82) is 0 Å². The highest BCUT2D eigenvalue weighted by Crippen LogP contribution is 2.51. The lowest BCUT2D eigenvalue weighted by atomic mass is 9.98. The fourth-order valence-electron chi connectivity index (χ4n) is 2.84. The third-order valence-electron chi connectivity index (χ3n) is 4.09. The molecule has 1 aromatic carbocycles. The first-order valence-electron chi connectivity index (χ1n) is 7.19. The number of ether oxygens (including phenoxy) is 3. The van der Waals surface area contributed by atoms with E-state index in [9.17, 15) is 0 Å². The predicted octanol–water partition coefficient (Wildman–Crippen LogP) is 3.02. The second kappa shape index (κ2) is 6.35. The largest absolute Gasteiger partial charge is 0.496 e. The van der Waals surface area contributed by atoms with E-state index in [4.69, 9.17) is 14.2 Å². The standard InChI is InChI=1S/C16H25NO3/c1-6-17-16(12-7-10(12)2)15-13(19-4)8-11(18-3)9-14(15)20-5/h8-10,12,16-17H,6-7H2,1-5H3. The molecule has 0 aromatic heterocycles. The Hall–Kier alpha value is -1.42. The van der Waals surface area contributed by atoms with Crippen molar-refractivity contribution in [3.8, 4) is 17.2 Å². The van der Waals surface area contributed by atoms with Crippen LogP contribution >= 0.6 is 0 Å². The van der Waals surface area contributed by atoms with E-state index in [0.29, 0.717) is 5.92 Å². The van der Waals surface area contributed by atoms with E-state index >= 15 is 0 Å². The molecule has 20 heavy (non-hydrogen) atoms. The first-order valence-corrected chi connectivity index (χ1v) is 7.19. The number of methoxy groups -OCH3 is 3. The average Bonchev–Trinajstić information content (AvgIpc) is 3.20. The third-order valence-corrected chi connectivity index (χ3v) is 4.09. The zero-order chi connectivity index (χ0) is 14.7. The lowest BCUT2D eigenvalue weighted by Crippen LogP contribution is -2.24. The van der Waals surface area contributed by atoms with Crippen molar-refractivity contribution in [1.82, 2.24) is 5.32 Å². The van der Waals surface area contributed by atoms with Crippen LogP contribution in [0, 0.1) is 11.8 Å². The van der Waals surface area contributed by atoms with Gasteiger partial charge in [-0.1, -0.05) is 13.8 Å². The van der Waals surface area contributed by atoms with E-state index in [-0.39, 0.29) is 6.04 Å². The minimum absolute atomic E-state index is 0.269. The summed E-state index contributed by atoms with van der Waals surface area (Å²) in [5, 5.41) is 3.58. The lowest BCUT2D eigenvalue weighted by molar-refractivity contribution is 0.350. The molecule has 0 aliphatic heterocycles. The van der Waals surface area contributed by atoms with E-state index in [1.807, 2.05) is 12.1 Å². The molecule has 1 saturated carbocycles. The van der Waals surface area contributed by atoms with E-state index in [1.54, 1.807) is 21.3 Å². The molecule has 1 aliphatic rings. The summed E-state index contributed by atoms with van der Waals surface area (Å²) < 4.78 is 16.5. The predicted molar refractivity (Wildman–Crippen MR) is 79.8 cm³/mol. The SMILES string of the molecule is CCNC(c1c(OC)cc(OC)cc1OC)C1CC1C. The second-order valence-electron chi connectivity index (χ2n) is 5.36. The smallest absolute Gasteiger partial charge is 0.131 e. The number of rotatable bonds is 7. The normalized spacial score (nSPS) is 22.2. The highest BCUT2D eigenvalue weighted by Gasteiger charge is 2.42. The molecule has 1 aromatic rings. The summed E-state index contributed by atoms with van der Waals surface area (Å²) in [4.78, 5) is 0. The van der Waals surface area contributed by atoms with Crippen molar-refractivity contribution in [2.45, 2.75) is 26.3 Å². The van der Waals surface area contributed by atoms with Gasteiger partial charge in [0.05, 0.1) is 26.9 Å². The van der Waals surface area contributed by atoms with Gasteiger partial charge in [0, 0.05) is 18.2 Å². The van der Waals surface area contributed by atoms with Gasteiger partial charge in [-0.2, -0.15) is 0 Å². The molecule has 0 saturated heterocycles. The van der Waals surface area contributed by atoms with Crippen molar-refractivity contribution in [3.05, 3.63) is 17.7 Å². The van der Waals surface area contributed by atoms with E-state index in [0.717, 1.165) is 35.3 Å². The second-order valence-corrected chi connectivity index (χ2v) is 5.36. The minimum atomic E-state index is 0.269. The van der Waals surface area contributed by atoms with Gasteiger partial charge in [-0.15, -0.1) is 0 Å². The molecule has 0 radical (unpaired) electrons. The maximum Gasteiger partial charge on any atom is 0.131 e. The van der Waals surface area contributed by atoms with Crippen molar-refractivity contribution in [2.75, 3.05) is 27.9 Å². The van der Waals surface area contributed by atoms with Crippen LogP contribution < -0.4 is 19.5 Å². The highest BCUT2D eigenvalue weighted by molar-refractivity contribution is 5.53. The molecular weight excluding hydrogens is 254 g/mol. The number of hydrogen-bond donors (Lipinski definition) is 1. The molecule has 0 spiro atoms. The van der Waals surface area contributed by atoms with Crippen molar-refractivity contribution >= 4 is 0 Å². The van der Waals surface area contributed by atoms with Crippen LogP contribution in [0.25, 0.3) is 0 Å². The van der Waals surface area contributed by atoms with Gasteiger partial charge >= 0.3 is 0 Å². The Morgan fingerprint density at radius 1 is 1.15 bits per heavy atom. The van der Waals surface area contributed by atoms with Gasteiger partial charge in [0.15, 0.2) is 0 Å². The Morgan fingerprint density at radius 2 is 1.70 bits per heavy atom. The molecule has 112 valence electrons. The summed E-state index contributed by atoms with van der Waals surface area (Å²) in [5.41, 5.74) is 1.10. The van der Waals surface area contributed by atoms with Crippen LogP contribution in [0.4, 0.5) is 0 Å². The Labute approximate surface area is 121 Å². The molecule has 0 bridgehead atoms. The molecule has 3 atom stereocenters. The fraction of sp³-hybridized carbons (Fsp3) is 0.625. The van der Waals surface area contributed by atoms with Crippen LogP contribution in [0.1, 0.15) is 31.9 Å². The van der Waals surface area contributed by atoms with Crippen molar-refractivity contribution < 1.29 is 14.2 Å². The zero-order valence-electron chi connectivity index (χ0n) is 13.0. The Morgan fingerprint density at radius 3 is 2.05 bits per heavy atom. The third kappa shape index (κ3) is 2.85. The fourth-order valence-corrected chi connectivity index (χ4v) is 2.84. The van der Waals surface area contributed by atoms with Gasteiger partial charge in [-0.3, -0.25) is 0 Å². The Balaban J connectivity index is 2.45. The average molecular weight is 279 g/mol.